The van der Waals surface area contributed by atoms with Crippen LogP contribution in [0.3, 0.4) is 0 Å². The highest BCUT2D eigenvalue weighted by Crippen LogP contribution is 2.27. The summed E-state index contributed by atoms with van der Waals surface area (Å²) in [5, 5.41) is 0. The summed E-state index contributed by atoms with van der Waals surface area (Å²) in [4.78, 5) is 13.9. The Morgan fingerprint density at radius 3 is 2.71 bits per heavy atom. The molecule has 0 saturated carbocycles. The highest BCUT2D eigenvalue weighted by atomic mass is 79.9. The molecule has 92 valence electrons. The topological polar surface area (TPSA) is 20.3 Å². The summed E-state index contributed by atoms with van der Waals surface area (Å²) in [5.74, 6) is 1.40. The van der Waals surface area contributed by atoms with Crippen molar-refractivity contribution < 1.29 is 4.79 Å². The quantitative estimate of drug-likeness (QED) is 0.836. The SMILES string of the molecule is CC(C)C1CC(=O)N(Cc2ccccc2Br)C1. The monoisotopic (exact) mass is 295 g/mol. The van der Waals surface area contributed by atoms with Gasteiger partial charge in [0.25, 0.3) is 0 Å². The molecule has 1 atom stereocenters. The van der Waals surface area contributed by atoms with Crippen LogP contribution in [0.1, 0.15) is 25.8 Å². The van der Waals surface area contributed by atoms with E-state index in [1.54, 1.807) is 0 Å². The average molecular weight is 296 g/mol. The maximum absolute atomic E-state index is 11.9. The van der Waals surface area contributed by atoms with Gasteiger partial charge in [-0.3, -0.25) is 4.79 Å². The molecule has 1 saturated heterocycles. The number of carbonyl (C=O) groups is 1. The van der Waals surface area contributed by atoms with E-state index in [2.05, 4.69) is 35.8 Å². The molecule has 1 aliphatic rings. The maximum atomic E-state index is 11.9. The Bertz CT molecular complexity index is 416. The van der Waals surface area contributed by atoms with Gasteiger partial charge in [-0.1, -0.05) is 48.0 Å². The van der Waals surface area contributed by atoms with Crippen molar-refractivity contribution in [2.75, 3.05) is 6.54 Å². The molecule has 2 nitrogen and oxygen atoms in total. The van der Waals surface area contributed by atoms with Crippen molar-refractivity contribution in [2.24, 2.45) is 11.8 Å². The van der Waals surface area contributed by atoms with E-state index in [0.717, 1.165) is 17.6 Å². The van der Waals surface area contributed by atoms with E-state index in [1.807, 2.05) is 23.1 Å². The zero-order valence-electron chi connectivity index (χ0n) is 10.3. The number of hydrogen-bond donors (Lipinski definition) is 0. The molecular weight excluding hydrogens is 278 g/mol. The van der Waals surface area contributed by atoms with Gasteiger partial charge in [-0.05, 0) is 23.5 Å². The molecule has 0 N–H and O–H groups in total. The predicted octanol–water partition coefficient (Wildman–Crippen LogP) is 3.45. The fourth-order valence-corrected chi connectivity index (χ4v) is 2.64. The molecule has 1 unspecified atom stereocenters. The van der Waals surface area contributed by atoms with E-state index in [4.69, 9.17) is 0 Å². The Morgan fingerprint density at radius 1 is 1.41 bits per heavy atom. The van der Waals surface area contributed by atoms with Crippen molar-refractivity contribution in [3.63, 3.8) is 0 Å². The first-order valence-electron chi connectivity index (χ1n) is 6.09. The zero-order chi connectivity index (χ0) is 12.4. The van der Waals surface area contributed by atoms with E-state index in [1.165, 1.54) is 5.56 Å². The van der Waals surface area contributed by atoms with Crippen LogP contribution in [-0.2, 0) is 11.3 Å². The summed E-state index contributed by atoms with van der Waals surface area (Å²) >= 11 is 3.53. The van der Waals surface area contributed by atoms with Crippen molar-refractivity contribution in [1.29, 1.82) is 0 Å². The first-order chi connectivity index (χ1) is 8.08. The third-order valence-electron chi connectivity index (χ3n) is 3.51. The van der Waals surface area contributed by atoms with Crippen LogP contribution in [0.25, 0.3) is 0 Å². The van der Waals surface area contributed by atoms with Crippen molar-refractivity contribution in [3.8, 4) is 0 Å². The molecule has 17 heavy (non-hydrogen) atoms. The summed E-state index contributed by atoms with van der Waals surface area (Å²) in [6.45, 7) is 6.01. The lowest BCUT2D eigenvalue weighted by Gasteiger charge is -2.18. The summed E-state index contributed by atoms with van der Waals surface area (Å²) in [6, 6.07) is 8.10. The number of benzene rings is 1. The lowest BCUT2D eigenvalue weighted by atomic mass is 9.95. The minimum atomic E-state index is 0.291. The first-order valence-corrected chi connectivity index (χ1v) is 6.88. The van der Waals surface area contributed by atoms with Crippen molar-refractivity contribution >= 4 is 21.8 Å². The number of hydrogen-bond acceptors (Lipinski definition) is 1. The van der Waals surface area contributed by atoms with Crippen molar-refractivity contribution in [2.45, 2.75) is 26.8 Å². The number of amides is 1. The van der Waals surface area contributed by atoms with Gasteiger partial charge in [0, 0.05) is 24.0 Å². The molecule has 1 aromatic carbocycles. The van der Waals surface area contributed by atoms with Gasteiger partial charge in [0.05, 0.1) is 0 Å². The number of rotatable bonds is 3. The Labute approximate surface area is 111 Å². The van der Waals surface area contributed by atoms with Crippen LogP contribution in [0.5, 0.6) is 0 Å². The predicted molar refractivity (Wildman–Crippen MR) is 72.5 cm³/mol. The summed E-state index contributed by atoms with van der Waals surface area (Å²) in [5.41, 5.74) is 1.19. The second-order valence-electron chi connectivity index (χ2n) is 5.07. The second kappa shape index (κ2) is 5.21. The molecule has 1 aromatic rings. The average Bonchev–Trinajstić information content (AvgIpc) is 2.64. The Balaban J connectivity index is 2.06. The van der Waals surface area contributed by atoms with Gasteiger partial charge in [-0.15, -0.1) is 0 Å². The number of likely N-dealkylation sites (tertiary alicyclic amines) is 1. The Kier molecular flexibility index (Phi) is 3.87. The summed E-state index contributed by atoms with van der Waals surface area (Å²) in [6.07, 6.45) is 0.710. The molecule has 0 aliphatic carbocycles. The molecule has 0 radical (unpaired) electrons. The largest absolute Gasteiger partial charge is 0.338 e. The van der Waals surface area contributed by atoms with Crippen LogP contribution < -0.4 is 0 Å². The fraction of sp³-hybridized carbons (Fsp3) is 0.500. The van der Waals surface area contributed by atoms with Gasteiger partial charge in [0.2, 0.25) is 5.91 Å². The standard InChI is InChI=1S/C14H18BrNO/c1-10(2)12-7-14(17)16(9-12)8-11-5-3-4-6-13(11)15/h3-6,10,12H,7-9H2,1-2H3. The van der Waals surface area contributed by atoms with Crippen LogP contribution in [0.2, 0.25) is 0 Å². The highest BCUT2D eigenvalue weighted by Gasteiger charge is 2.31. The zero-order valence-corrected chi connectivity index (χ0v) is 11.9. The first kappa shape index (κ1) is 12.6. The Morgan fingerprint density at radius 2 is 2.12 bits per heavy atom. The van der Waals surface area contributed by atoms with E-state index in [0.29, 0.717) is 24.2 Å². The number of carbonyl (C=O) groups excluding carboxylic acids is 1. The molecule has 1 fully saturated rings. The van der Waals surface area contributed by atoms with Gasteiger partial charge in [0.15, 0.2) is 0 Å². The number of halogens is 1. The van der Waals surface area contributed by atoms with Crippen LogP contribution in [-0.4, -0.2) is 17.4 Å². The molecular formula is C14H18BrNO. The number of nitrogens with zero attached hydrogens (tertiary/aromatic N) is 1. The van der Waals surface area contributed by atoms with Gasteiger partial charge < -0.3 is 4.90 Å². The molecule has 1 heterocycles. The smallest absolute Gasteiger partial charge is 0.223 e. The molecule has 0 aromatic heterocycles. The third kappa shape index (κ3) is 2.89. The molecule has 1 aliphatic heterocycles. The third-order valence-corrected chi connectivity index (χ3v) is 4.28. The van der Waals surface area contributed by atoms with Gasteiger partial charge in [-0.2, -0.15) is 0 Å². The van der Waals surface area contributed by atoms with Crippen molar-refractivity contribution in [1.82, 2.24) is 4.90 Å². The van der Waals surface area contributed by atoms with Crippen LogP contribution in [0, 0.1) is 11.8 Å². The van der Waals surface area contributed by atoms with Gasteiger partial charge in [0.1, 0.15) is 0 Å². The van der Waals surface area contributed by atoms with E-state index >= 15 is 0 Å². The van der Waals surface area contributed by atoms with Crippen molar-refractivity contribution in [3.05, 3.63) is 34.3 Å². The maximum Gasteiger partial charge on any atom is 0.223 e. The fourth-order valence-electron chi connectivity index (χ4n) is 2.23. The highest BCUT2D eigenvalue weighted by molar-refractivity contribution is 9.10. The Hall–Kier alpha value is -0.830. The molecule has 0 bridgehead atoms. The normalized spacial score (nSPS) is 20.4. The van der Waals surface area contributed by atoms with Crippen LogP contribution in [0.4, 0.5) is 0 Å². The summed E-state index contributed by atoms with van der Waals surface area (Å²) < 4.78 is 1.08. The van der Waals surface area contributed by atoms with Crippen LogP contribution >= 0.6 is 15.9 Å². The van der Waals surface area contributed by atoms with E-state index in [-0.39, 0.29) is 0 Å². The minimum absolute atomic E-state index is 0.291. The van der Waals surface area contributed by atoms with E-state index < -0.39 is 0 Å². The second-order valence-corrected chi connectivity index (χ2v) is 5.93. The van der Waals surface area contributed by atoms with Gasteiger partial charge >= 0.3 is 0 Å². The minimum Gasteiger partial charge on any atom is -0.338 e. The van der Waals surface area contributed by atoms with E-state index in [9.17, 15) is 4.79 Å². The summed E-state index contributed by atoms with van der Waals surface area (Å²) in [7, 11) is 0. The molecule has 3 heteroatoms. The molecule has 0 spiro atoms. The lowest BCUT2D eigenvalue weighted by Crippen LogP contribution is -2.25. The molecule has 2 rings (SSSR count). The lowest BCUT2D eigenvalue weighted by molar-refractivity contribution is -0.128. The molecule has 1 amide bonds. The van der Waals surface area contributed by atoms with Crippen LogP contribution in [0.15, 0.2) is 28.7 Å². The van der Waals surface area contributed by atoms with Gasteiger partial charge in [-0.25, -0.2) is 0 Å².